The van der Waals surface area contributed by atoms with Crippen molar-refractivity contribution in [2.75, 3.05) is 0 Å². The van der Waals surface area contributed by atoms with E-state index >= 15 is 0 Å². The molecule has 1 aromatic heterocycles. The molecule has 2 nitrogen and oxygen atoms in total. The van der Waals surface area contributed by atoms with Crippen LogP contribution in [0, 0.1) is 0 Å². The minimum Gasteiger partial charge on any atom is -0.252 e. The summed E-state index contributed by atoms with van der Waals surface area (Å²) in [5, 5.41) is 4.17. The summed E-state index contributed by atoms with van der Waals surface area (Å²) in [6.45, 7) is 1.67. The van der Waals surface area contributed by atoms with Gasteiger partial charge in [0, 0.05) is 16.6 Å². The molecule has 6 heteroatoms. The minimum atomic E-state index is -4.57. The lowest BCUT2D eigenvalue weighted by atomic mass is 9.77. The largest absolute Gasteiger partial charge is 0.435 e. The fourth-order valence-electron chi connectivity index (χ4n) is 4.01. The van der Waals surface area contributed by atoms with Crippen molar-refractivity contribution in [3.8, 4) is 0 Å². The maximum Gasteiger partial charge on any atom is 0.435 e. The van der Waals surface area contributed by atoms with Crippen LogP contribution in [0.2, 0.25) is 0 Å². The Morgan fingerprint density at radius 3 is 1.42 bits per heavy atom. The Morgan fingerprint density at radius 1 is 0.742 bits per heavy atom. The molecule has 0 aliphatic heterocycles. The number of nitrogens with zero attached hydrogens (tertiary/aromatic N) is 2. The molecule has 158 valence electrons. The van der Waals surface area contributed by atoms with Gasteiger partial charge in [0.1, 0.15) is 5.54 Å². The second-order valence-electron chi connectivity index (χ2n) is 7.30. The third-order valence-electron chi connectivity index (χ3n) is 5.36. The highest BCUT2D eigenvalue weighted by atomic mass is 79.9. The average Bonchev–Trinajstić information content (AvgIpc) is 3.23. The highest BCUT2D eigenvalue weighted by molar-refractivity contribution is 9.09. The zero-order valence-electron chi connectivity index (χ0n) is 16.7. The lowest BCUT2D eigenvalue weighted by Crippen LogP contribution is -2.38. The average molecular weight is 485 g/mol. The highest BCUT2D eigenvalue weighted by Gasteiger charge is 2.44. The van der Waals surface area contributed by atoms with E-state index < -0.39 is 22.2 Å². The van der Waals surface area contributed by atoms with Crippen LogP contribution in [0.15, 0.2) is 97.2 Å². The molecule has 3 aromatic carbocycles. The maximum absolute atomic E-state index is 13.9. The first-order valence-electron chi connectivity index (χ1n) is 9.83. The van der Waals surface area contributed by atoms with Gasteiger partial charge in [0.15, 0.2) is 5.69 Å². The van der Waals surface area contributed by atoms with Crippen LogP contribution in [0.1, 0.15) is 39.7 Å². The molecule has 31 heavy (non-hydrogen) atoms. The molecule has 1 heterocycles. The van der Waals surface area contributed by atoms with E-state index in [1.807, 2.05) is 91.0 Å². The van der Waals surface area contributed by atoms with Crippen LogP contribution in [0.4, 0.5) is 13.2 Å². The number of benzene rings is 3. The molecule has 0 amide bonds. The summed E-state index contributed by atoms with van der Waals surface area (Å²) in [4.78, 5) is -0.516. The van der Waals surface area contributed by atoms with E-state index in [2.05, 4.69) is 21.0 Å². The van der Waals surface area contributed by atoms with E-state index in [-0.39, 0.29) is 5.56 Å². The molecule has 4 aromatic rings. The Bertz CT molecular complexity index is 1040. The van der Waals surface area contributed by atoms with Gasteiger partial charge in [-0.2, -0.15) is 18.3 Å². The van der Waals surface area contributed by atoms with Crippen molar-refractivity contribution in [1.82, 2.24) is 9.78 Å². The molecule has 0 radical (unpaired) electrons. The predicted octanol–water partition coefficient (Wildman–Crippen LogP) is 7.20. The number of halogens is 4. The monoisotopic (exact) mass is 484 g/mol. The van der Waals surface area contributed by atoms with Gasteiger partial charge in [0.2, 0.25) is 0 Å². The molecule has 1 atom stereocenters. The predicted molar refractivity (Wildman–Crippen MR) is 119 cm³/mol. The number of hydrogen-bond donors (Lipinski definition) is 0. The zero-order valence-corrected chi connectivity index (χ0v) is 18.3. The molecule has 0 saturated carbocycles. The van der Waals surface area contributed by atoms with E-state index in [1.54, 1.807) is 6.92 Å². The third kappa shape index (κ3) is 3.81. The van der Waals surface area contributed by atoms with Crippen molar-refractivity contribution in [2.24, 2.45) is 0 Å². The minimum absolute atomic E-state index is 0.0969. The first-order chi connectivity index (χ1) is 14.8. The lowest BCUT2D eigenvalue weighted by molar-refractivity contribution is -0.142. The van der Waals surface area contributed by atoms with Crippen LogP contribution in [0.25, 0.3) is 0 Å². The van der Waals surface area contributed by atoms with Crippen LogP contribution in [-0.2, 0) is 11.7 Å². The van der Waals surface area contributed by atoms with E-state index in [4.69, 9.17) is 0 Å². The van der Waals surface area contributed by atoms with Crippen LogP contribution in [0.5, 0.6) is 0 Å². The number of alkyl halides is 4. The first kappa shape index (κ1) is 21.4. The molecular formula is C25H20BrF3N2. The van der Waals surface area contributed by atoms with Gasteiger partial charge in [-0.1, -0.05) is 107 Å². The number of aromatic nitrogens is 2. The maximum atomic E-state index is 13.9. The van der Waals surface area contributed by atoms with Gasteiger partial charge in [-0.05, 0) is 23.6 Å². The molecule has 0 aliphatic rings. The van der Waals surface area contributed by atoms with Gasteiger partial charge in [-0.15, -0.1) is 0 Å². The Labute approximate surface area is 187 Å². The molecule has 0 aliphatic carbocycles. The van der Waals surface area contributed by atoms with Gasteiger partial charge in [0.25, 0.3) is 0 Å². The van der Waals surface area contributed by atoms with Crippen molar-refractivity contribution in [2.45, 2.75) is 23.5 Å². The summed E-state index contributed by atoms with van der Waals surface area (Å²) in [6, 6.07) is 28.5. The van der Waals surface area contributed by atoms with Crippen molar-refractivity contribution in [3.05, 3.63) is 125 Å². The second kappa shape index (κ2) is 8.35. The summed E-state index contributed by atoms with van der Waals surface area (Å²) < 4.78 is 43.2. The van der Waals surface area contributed by atoms with Gasteiger partial charge in [-0.3, -0.25) is 4.68 Å². The second-order valence-corrected chi connectivity index (χ2v) is 8.67. The molecular weight excluding hydrogens is 465 g/mol. The SMILES string of the molecule is CC(Br)c1cn(C(c2ccccc2)(c2ccccc2)c2ccccc2)nc1C(F)(F)F. The van der Waals surface area contributed by atoms with Gasteiger partial charge in [-0.25, -0.2) is 0 Å². The fourth-order valence-corrected chi connectivity index (χ4v) is 4.34. The summed E-state index contributed by atoms with van der Waals surface area (Å²) in [5.41, 5.74) is 0.583. The quantitative estimate of drug-likeness (QED) is 0.216. The van der Waals surface area contributed by atoms with Crippen LogP contribution >= 0.6 is 15.9 Å². The number of rotatable bonds is 5. The molecule has 4 rings (SSSR count). The summed E-state index contributed by atoms with van der Waals surface area (Å²) >= 11 is 3.32. The Morgan fingerprint density at radius 2 is 1.13 bits per heavy atom. The normalized spacial score (nSPS) is 13.2. The van der Waals surface area contributed by atoms with Crippen molar-refractivity contribution < 1.29 is 13.2 Å². The molecule has 0 fully saturated rings. The van der Waals surface area contributed by atoms with Crippen molar-refractivity contribution in [1.29, 1.82) is 0 Å². The molecule has 1 unspecified atom stereocenters. The van der Waals surface area contributed by atoms with Crippen molar-refractivity contribution >= 4 is 15.9 Å². The number of hydrogen-bond acceptors (Lipinski definition) is 1. The van der Waals surface area contributed by atoms with E-state index in [0.29, 0.717) is 0 Å². The summed E-state index contributed by atoms with van der Waals surface area (Å²) in [5.74, 6) is 0. The zero-order chi connectivity index (χ0) is 22.1. The van der Waals surface area contributed by atoms with Crippen molar-refractivity contribution in [3.63, 3.8) is 0 Å². The Balaban J connectivity index is 2.14. The lowest BCUT2D eigenvalue weighted by Gasteiger charge is -2.36. The van der Waals surface area contributed by atoms with E-state index in [0.717, 1.165) is 16.7 Å². The van der Waals surface area contributed by atoms with E-state index in [1.165, 1.54) is 10.9 Å². The van der Waals surface area contributed by atoms with Crippen LogP contribution in [-0.4, -0.2) is 9.78 Å². The van der Waals surface area contributed by atoms with Gasteiger partial charge >= 0.3 is 6.18 Å². The highest BCUT2D eigenvalue weighted by Crippen LogP contribution is 2.43. The molecule has 0 bridgehead atoms. The van der Waals surface area contributed by atoms with Crippen LogP contribution < -0.4 is 0 Å². The van der Waals surface area contributed by atoms with E-state index in [9.17, 15) is 13.2 Å². The van der Waals surface area contributed by atoms with Gasteiger partial charge in [0.05, 0.1) is 0 Å². The van der Waals surface area contributed by atoms with Gasteiger partial charge < -0.3 is 0 Å². The fraction of sp³-hybridized carbons (Fsp3) is 0.160. The molecule has 0 N–H and O–H groups in total. The van der Waals surface area contributed by atoms with Crippen LogP contribution in [0.3, 0.4) is 0 Å². The Hall–Kier alpha value is -2.86. The molecule has 0 spiro atoms. The first-order valence-corrected chi connectivity index (χ1v) is 10.7. The smallest absolute Gasteiger partial charge is 0.252 e. The standard InChI is InChI=1S/C25H20BrF3N2/c1-18(26)22-17-31(30-23(22)25(27,28)29)24(19-11-5-2-6-12-19,20-13-7-3-8-14-20)21-15-9-4-10-16-21/h2-18H,1H3. The Kier molecular flexibility index (Phi) is 5.75. The topological polar surface area (TPSA) is 17.8 Å². The summed E-state index contributed by atoms with van der Waals surface area (Å²) in [7, 11) is 0. The third-order valence-corrected chi connectivity index (χ3v) is 5.85. The molecule has 0 saturated heterocycles. The summed E-state index contributed by atoms with van der Waals surface area (Å²) in [6.07, 6.45) is -3.06.